The Kier molecular flexibility index (Phi) is 9.42. The van der Waals surface area contributed by atoms with E-state index in [0.717, 1.165) is 11.8 Å². The molecule has 0 amide bonds. The van der Waals surface area contributed by atoms with Crippen molar-refractivity contribution >= 4 is 0 Å². The van der Waals surface area contributed by atoms with Crippen LogP contribution in [0.15, 0.2) is 0 Å². The van der Waals surface area contributed by atoms with E-state index in [1.165, 1.54) is 64.2 Å². The molecule has 2 fully saturated rings. The lowest BCUT2D eigenvalue weighted by Crippen LogP contribution is -2.17. The van der Waals surface area contributed by atoms with E-state index in [1.807, 2.05) is 0 Å². The third kappa shape index (κ3) is 8.39. The second-order valence-corrected chi connectivity index (χ2v) is 6.45. The third-order valence-corrected chi connectivity index (χ3v) is 4.97. The molecule has 2 aliphatic rings. The van der Waals surface area contributed by atoms with E-state index < -0.39 is 5.09 Å². The largest absolute Gasteiger partial charge is 0.328 e. The Morgan fingerprint density at radius 2 is 0.850 bits per heavy atom. The second kappa shape index (κ2) is 10.9. The van der Waals surface area contributed by atoms with Crippen LogP contribution in [0.5, 0.6) is 0 Å². The first kappa shape index (κ1) is 17.3. The quantitative estimate of drug-likeness (QED) is 0.521. The van der Waals surface area contributed by atoms with E-state index in [-0.39, 0.29) is 0 Å². The molecule has 0 aromatic rings. The number of hydrogen-bond donors (Lipinski definition) is 1. The highest BCUT2D eigenvalue weighted by Gasteiger charge is 2.22. The van der Waals surface area contributed by atoms with Crippen molar-refractivity contribution in [2.24, 2.45) is 11.8 Å². The lowest BCUT2D eigenvalue weighted by Gasteiger charge is -2.30. The van der Waals surface area contributed by atoms with Crippen LogP contribution in [0, 0.1) is 22.0 Å². The van der Waals surface area contributed by atoms with E-state index in [4.69, 9.17) is 15.3 Å². The van der Waals surface area contributed by atoms with E-state index in [2.05, 4.69) is 0 Å². The van der Waals surface area contributed by atoms with Gasteiger partial charge in [-0.2, -0.15) is 0 Å². The van der Waals surface area contributed by atoms with Crippen LogP contribution in [0.3, 0.4) is 0 Å². The Morgan fingerprint density at radius 1 is 0.650 bits per heavy atom. The van der Waals surface area contributed by atoms with Crippen molar-refractivity contribution in [2.75, 3.05) is 0 Å². The fraction of sp³-hybridized carbons (Fsp3) is 1.00. The molecule has 20 heavy (non-hydrogen) atoms. The first-order valence-electron chi connectivity index (χ1n) is 8.53. The van der Waals surface area contributed by atoms with Gasteiger partial charge in [0.2, 0.25) is 0 Å². The highest BCUT2D eigenvalue weighted by atomic mass is 16.9. The Balaban J connectivity index is 0.000000444. The zero-order valence-corrected chi connectivity index (χ0v) is 12.8. The summed E-state index contributed by atoms with van der Waals surface area (Å²) in [6.45, 7) is 0. The summed E-state index contributed by atoms with van der Waals surface area (Å²) in [7, 11) is 0. The van der Waals surface area contributed by atoms with Crippen LogP contribution in [-0.2, 0) is 0 Å². The number of hydrogen-bond acceptors (Lipinski definition) is 2. The molecule has 0 unspecified atom stereocenters. The second-order valence-electron chi connectivity index (χ2n) is 6.45. The lowest BCUT2D eigenvalue weighted by molar-refractivity contribution is -0.742. The van der Waals surface area contributed by atoms with Crippen molar-refractivity contribution in [2.45, 2.75) is 89.9 Å². The summed E-state index contributed by atoms with van der Waals surface area (Å²) in [5.41, 5.74) is 0. The Hall–Kier alpha value is -0.800. The normalized spacial score (nSPS) is 23.4. The molecule has 0 atom stereocenters. The Morgan fingerprint density at radius 3 is 1.10 bits per heavy atom. The molecule has 118 valence electrons. The van der Waals surface area contributed by atoms with Gasteiger partial charge in [-0.25, -0.2) is 0 Å². The minimum Gasteiger partial charge on any atom is -0.328 e. The molecule has 0 saturated heterocycles. The van der Waals surface area contributed by atoms with Gasteiger partial charge < -0.3 is 5.21 Å². The third-order valence-electron chi connectivity index (χ3n) is 4.97. The smallest absolute Gasteiger partial charge is 0.291 e. The van der Waals surface area contributed by atoms with Crippen LogP contribution in [0.25, 0.3) is 0 Å². The van der Waals surface area contributed by atoms with Gasteiger partial charge in [-0.05, 0) is 11.8 Å². The molecule has 4 nitrogen and oxygen atoms in total. The highest BCUT2D eigenvalue weighted by Crippen LogP contribution is 2.35. The summed E-state index contributed by atoms with van der Waals surface area (Å²) in [5.74, 6) is 2.22. The molecule has 0 aromatic heterocycles. The summed E-state index contributed by atoms with van der Waals surface area (Å²) in [5, 5.41) is 13.6. The Labute approximate surface area is 123 Å². The van der Waals surface area contributed by atoms with Gasteiger partial charge in [0.1, 0.15) is 0 Å². The number of nitrogens with zero attached hydrogens (tertiary/aromatic N) is 1. The average Bonchev–Trinajstić information content (AvgIpc) is 2.28. The predicted molar refractivity (Wildman–Crippen MR) is 80.4 cm³/mol. The summed E-state index contributed by atoms with van der Waals surface area (Å²) in [4.78, 5) is 8.36. The maximum absolute atomic E-state index is 8.36. The van der Waals surface area contributed by atoms with Crippen LogP contribution in [0.2, 0.25) is 0 Å². The minimum absolute atomic E-state index is 1.11. The van der Waals surface area contributed by atoms with Crippen LogP contribution in [0.1, 0.15) is 89.9 Å². The molecule has 2 rings (SSSR count). The molecule has 0 bridgehead atoms. The molecule has 0 aromatic carbocycles. The summed E-state index contributed by atoms with van der Waals surface area (Å²) >= 11 is 0. The van der Waals surface area contributed by atoms with Crippen molar-refractivity contribution in [3.05, 3.63) is 10.1 Å². The molecule has 4 heteroatoms. The summed E-state index contributed by atoms with van der Waals surface area (Å²) < 4.78 is 0. The van der Waals surface area contributed by atoms with E-state index in [9.17, 15) is 0 Å². The zero-order valence-electron chi connectivity index (χ0n) is 12.8. The first-order chi connectivity index (χ1) is 9.70. The van der Waals surface area contributed by atoms with Crippen molar-refractivity contribution in [3.8, 4) is 0 Å². The molecule has 0 heterocycles. The maximum atomic E-state index is 8.36. The highest BCUT2D eigenvalue weighted by molar-refractivity contribution is 4.74. The summed E-state index contributed by atoms with van der Waals surface area (Å²) in [6, 6.07) is 0. The van der Waals surface area contributed by atoms with Gasteiger partial charge in [0.05, 0.1) is 0 Å². The van der Waals surface area contributed by atoms with E-state index >= 15 is 0 Å². The van der Waals surface area contributed by atoms with Crippen molar-refractivity contribution in [3.63, 3.8) is 0 Å². The fourth-order valence-corrected chi connectivity index (χ4v) is 3.92. The van der Waals surface area contributed by atoms with Gasteiger partial charge >= 0.3 is 0 Å². The van der Waals surface area contributed by atoms with Gasteiger partial charge in [-0.1, -0.05) is 89.9 Å². The standard InChI is InChI=1S/C16H30.HNO3/c1-3-7-11-15(12-8-4-1)16-13-9-5-2-6-10-14-16;2-1(3)4/h15-16H,1-14H2;(H,2,3,4). The summed E-state index contributed by atoms with van der Waals surface area (Å²) in [6.07, 6.45) is 21.4. The molecular formula is C16H31NO3. The molecular weight excluding hydrogens is 254 g/mol. The van der Waals surface area contributed by atoms with Crippen molar-refractivity contribution in [1.29, 1.82) is 0 Å². The van der Waals surface area contributed by atoms with Crippen LogP contribution >= 0.6 is 0 Å². The van der Waals surface area contributed by atoms with Gasteiger partial charge in [0.15, 0.2) is 0 Å². The van der Waals surface area contributed by atoms with Gasteiger partial charge in [0, 0.05) is 0 Å². The van der Waals surface area contributed by atoms with Crippen molar-refractivity contribution < 1.29 is 10.3 Å². The van der Waals surface area contributed by atoms with Crippen LogP contribution in [0.4, 0.5) is 0 Å². The molecule has 0 radical (unpaired) electrons. The van der Waals surface area contributed by atoms with Crippen molar-refractivity contribution in [1.82, 2.24) is 0 Å². The fourth-order valence-electron chi connectivity index (χ4n) is 3.92. The van der Waals surface area contributed by atoms with Gasteiger partial charge in [-0.15, -0.1) is 10.1 Å². The maximum Gasteiger partial charge on any atom is 0.291 e. The topological polar surface area (TPSA) is 63.4 Å². The average molecular weight is 285 g/mol. The monoisotopic (exact) mass is 285 g/mol. The lowest BCUT2D eigenvalue weighted by atomic mass is 9.76. The molecule has 2 aliphatic carbocycles. The van der Waals surface area contributed by atoms with Crippen LogP contribution < -0.4 is 0 Å². The minimum atomic E-state index is -1.50. The van der Waals surface area contributed by atoms with Gasteiger partial charge in [-0.3, -0.25) is 0 Å². The van der Waals surface area contributed by atoms with Crippen LogP contribution in [-0.4, -0.2) is 10.3 Å². The molecule has 0 spiro atoms. The molecule has 1 N–H and O–H groups in total. The van der Waals surface area contributed by atoms with Gasteiger partial charge in [0.25, 0.3) is 5.09 Å². The SMILES string of the molecule is C1CCCC(C2CCCCCCC2)CCC1.O=[N+]([O-])O. The molecule has 2 saturated carbocycles. The predicted octanol–water partition coefficient (Wildman–Crippen LogP) is 5.36. The van der Waals surface area contributed by atoms with E-state index in [1.54, 1.807) is 25.7 Å². The van der Waals surface area contributed by atoms with E-state index in [0.29, 0.717) is 0 Å². The first-order valence-corrected chi connectivity index (χ1v) is 8.53. The molecule has 0 aliphatic heterocycles. The Bertz CT molecular complexity index is 218. The number of rotatable bonds is 1. The zero-order chi connectivity index (χ0) is 14.6.